The van der Waals surface area contributed by atoms with E-state index in [1.165, 1.54) is 4.68 Å². The zero-order valence-electron chi connectivity index (χ0n) is 18.5. The van der Waals surface area contributed by atoms with Crippen LogP contribution in [-0.2, 0) is 0 Å². The third kappa shape index (κ3) is 5.36. The Morgan fingerprint density at radius 3 is 2.25 bits per heavy atom. The van der Waals surface area contributed by atoms with Crippen molar-refractivity contribution in [2.24, 2.45) is 0 Å². The molecule has 0 aliphatic rings. The maximum absolute atomic E-state index is 13.1. The van der Waals surface area contributed by atoms with Crippen molar-refractivity contribution in [3.8, 4) is 28.6 Å². The van der Waals surface area contributed by atoms with Gasteiger partial charge in [-0.15, -0.1) is 5.10 Å². The van der Waals surface area contributed by atoms with E-state index in [4.69, 9.17) is 39.5 Å². The number of amides is 1. The van der Waals surface area contributed by atoms with Gasteiger partial charge in [0.15, 0.2) is 5.82 Å². The molecule has 5 aromatic rings. The van der Waals surface area contributed by atoms with Crippen LogP contribution in [0, 0.1) is 0 Å². The first-order valence-electron chi connectivity index (χ1n) is 10.8. The highest BCUT2D eigenvalue weighted by Gasteiger charge is 2.20. The smallest absolute Gasteiger partial charge is 0.295 e. The van der Waals surface area contributed by atoms with E-state index in [9.17, 15) is 4.79 Å². The molecule has 0 radical (unpaired) electrons. The lowest BCUT2D eigenvalue weighted by molar-refractivity contribution is 0.101. The van der Waals surface area contributed by atoms with Gasteiger partial charge in [-0.25, -0.2) is 9.67 Å². The summed E-state index contributed by atoms with van der Waals surface area (Å²) in [4.78, 5) is 17.6. The molecular formula is C27H17Cl3N4O2. The highest BCUT2D eigenvalue weighted by atomic mass is 35.5. The minimum atomic E-state index is -0.478. The van der Waals surface area contributed by atoms with E-state index in [2.05, 4.69) is 15.4 Å². The first-order chi connectivity index (χ1) is 17.5. The van der Waals surface area contributed by atoms with Crippen LogP contribution in [0.4, 0.5) is 5.69 Å². The summed E-state index contributed by atoms with van der Waals surface area (Å²) in [6.07, 6.45) is 0. The Morgan fingerprint density at radius 1 is 0.778 bits per heavy atom. The summed E-state index contributed by atoms with van der Waals surface area (Å²) in [5.74, 6) is 1.28. The largest absolute Gasteiger partial charge is 0.457 e. The summed E-state index contributed by atoms with van der Waals surface area (Å²) in [7, 11) is 0. The van der Waals surface area contributed by atoms with Gasteiger partial charge in [0.1, 0.15) is 11.5 Å². The predicted molar refractivity (Wildman–Crippen MR) is 143 cm³/mol. The molecule has 1 amide bonds. The van der Waals surface area contributed by atoms with Crippen LogP contribution in [0.1, 0.15) is 10.6 Å². The van der Waals surface area contributed by atoms with E-state index in [-0.39, 0.29) is 5.82 Å². The molecule has 0 unspecified atom stereocenters. The minimum Gasteiger partial charge on any atom is -0.457 e. The van der Waals surface area contributed by atoms with E-state index in [0.29, 0.717) is 43.6 Å². The molecule has 1 N–H and O–H groups in total. The summed E-state index contributed by atoms with van der Waals surface area (Å²) >= 11 is 18.5. The number of nitrogens with one attached hydrogen (secondary N) is 1. The molecular weight excluding hydrogens is 519 g/mol. The van der Waals surface area contributed by atoms with Crippen LogP contribution < -0.4 is 10.1 Å². The van der Waals surface area contributed by atoms with Gasteiger partial charge in [-0.05, 0) is 66.7 Å². The van der Waals surface area contributed by atoms with Crippen molar-refractivity contribution >= 4 is 46.4 Å². The highest BCUT2D eigenvalue weighted by Crippen LogP contribution is 2.29. The normalized spacial score (nSPS) is 10.8. The second kappa shape index (κ2) is 10.4. The van der Waals surface area contributed by atoms with Crippen LogP contribution >= 0.6 is 34.8 Å². The van der Waals surface area contributed by atoms with Gasteiger partial charge in [0.2, 0.25) is 5.82 Å². The van der Waals surface area contributed by atoms with E-state index in [1.54, 1.807) is 60.7 Å². The average molecular weight is 536 g/mol. The van der Waals surface area contributed by atoms with E-state index in [0.717, 1.165) is 5.75 Å². The number of anilines is 1. The molecule has 0 fully saturated rings. The summed E-state index contributed by atoms with van der Waals surface area (Å²) < 4.78 is 7.32. The molecule has 5 rings (SSSR count). The number of benzene rings is 4. The summed E-state index contributed by atoms with van der Waals surface area (Å²) in [5.41, 5.74) is 1.84. The number of aromatic nitrogens is 3. The molecule has 6 nitrogen and oxygen atoms in total. The van der Waals surface area contributed by atoms with Gasteiger partial charge in [-0.3, -0.25) is 4.79 Å². The third-order valence-electron chi connectivity index (χ3n) is 5.13. The molecule has 0 atom stereocenters. The number of rotatable bonds is 6. The quantitative estimate of drug-likeness (QED) is 0.240. The molecule has 0 aliphatic heterocycles. The molecule has 1 aromatic heterocycles. The summed E-state index contributed by atoms with van der Waals surface area (Å²) in [6.45, 7) is 0. The van der Waals surface area contributed by atoms with E-state index in [1.807, 2.05) is 36.4 Å². The van der Waals surface area contributed by atoms with Gasteiger partial charge in [0.05, 0.1) is 15.7 Å². The number of carbonyl (C=O) groups excluding carboxylic acids is 1. The number of hydrogen-bond acceptors (Lipinski definition) is 4. The van der Waals surface area contributed by atoms with Crippen molar-refractivity contribution in [1.82, 2.24) is 14.8 Å². The second-order valence-electron chi connectivity index (χ2n) is 7.67. The first kappa shape index (κ1) is 23.9. The number of hydrogen-bond donors (Lipinski definition) is 1. The lowest BCUT2D eigenvalue weighted by Gasteiger charge is -2.07. The van der Waals surface area contributed by atoms with Crippen molar-refractivity contribution < 1.29 is 9.53 Å². The van der Waals surface area contributed by atoms with E-state index < -0.39 is 5.91 Å². The molecule has 1 heterocycles. The Hall–Kier alpha value is -3.84. The van der Waals surface area contributed by atoms with Crippen molar-refractivity contribution in [1.29, 1.82) is 0 Å². The summed E-state index contributed by atoms with van der Waals surface area (Å²) in [6, 6.07) is 28.6. The zero-order valence-corrected chi connectivity index (χ0v) is 20.8. The van der Waals surface area contributed by atoms with Gasteiger partial charge >= 0.3 is 0 Å². The molecule has 4 aromatic carbocycles. The Bertz CT molecular complexity index is 1540. The summed E-state index contributed by atoms with van der Waals surface area (Å²) in [5, 5.41) is 8.55. The maximum Gasteiger partial charge on any atom is 0.295 e. The third-order valence-corrected chi connectivity index (χ3v) is 6.11. The van der Waals surface area contributed by atoms with Crippen LogP contribution in [0.15, 0.2) is 97.1 Å². The Kier molecular flexibility index (Phi) is 6.91. The fourth-order valence-electron chi connectivity index (χ4n) is 3.44. The van der Waals surface area contributed by atoms with Gasteiger partial charge in [0.25, 0.3) is 5.91 Å². The molecule has 0 saturated carbocycles. The Balaban J connectivity index is 1.42. The topological polar surface area (TPSA) is 69.0 Å². The van der Waals surface area contributed by atoms with Crippen LogP contribution in [0.3, 0.4) is 0 Å². The molecule has 0 spiro atoms. The van der Waals surface area contributed by atoms with Crippen LogP contribution in [0.2, 0.25) is 15.1 Å². The average Bonchev–Trinajstić information content (AvgIpc) is 3.33. The predicted octanol–water partition coefficient (Wildman–Crippen LogP) is 7.94. The van der Waals surface area contributed by atoms with Crippen molar-refractivity contribution in [2.45, 2.75) is 0 Å². The molecule has 0 saturated heterocycles. The van der Waals surface area contributed by atoms with Gasteiger partial charge in [-0.2, -0.15) is 0 Å². The van der Waals surface area contributed by atoms with Gasteiger partial charge in [0, 0.05) is 16.3 Å². The SMILES string of the molecule is O=C(Nc1ccc(Oc2ccccc2)cc1)c1nc(-c2cccc(Cl)c2)n(-c2ccc(Cl)c(Cl)c2)n1. The Labute approximate surface area is 222 Å². The number of halogens is 3. The van der Waals surface area contributed by atoms with Crippen LogP contribution in [-0.4, -0.2) is 20.7 Å². The number of ether oxygens (including phenoxy) is 1. The van der Waals surface area contributed by atoms with Gasteiger partial charge in [-0.1, -0.05) is 65.1 Å². The Morgan fingerprint density at radius 2 is 1.53 bits per heavy atom. The molecule has 36 heavy (non-hydrogen) atoms. The lowest BCUT2D eigenvalue weighted by Crippen LogP contribution is -2.14. The maximum atomic E-state index is 13.1. The van der Waals surface area contributed by atoms with E-state index >= 15 is 0 Å². The van der Waals surface area contributed by atoms with Crippen LogP contribution in [0.25, 0.3) is 17.1 Å². The van der Waals surface area contributed by atoms with Crippen LogP contribution in [0.5, 0.6) is 11.5 Å². The minimum absolute atomic E-state index is 0.0272. The van der Waals surface area contributed by atoms with Crippen molar-refractivity contribution in [3.63, 3.8) is 0 Å². The molecule has 0 aliphatic carbocycles. The fourth-order valence-corrected chi connectivity index (χ4v) is 3.92. The number of para-hydroxylation sites is 1. The molecule has 178 valence electrons. The number of nitrogens with zero attached hydrogens (tertiary/aromatic N) is 3. The first-order valence-corrected chi connectivity index (χ1v) is 11.9. The standard InChI is InChI=1S/C27H17Cl3N4O2/c28-18-6-4-5-17(15-18)26-32-25(33-34(26)20-11-14-23(29)24(30)16-20)27(35)31-19-9-12-22(13-10-19)36-21-7-2-1-3-8-21/h1-16H,(H,31,35). The lowest BCUT2D eigenvalue weighted by atomic mass is 10.2. The van der Waals surface area contributed by atoms with Gasteiger partial charge < -0.3 is 10.1 Å². The fraction of sp³-hybridized carbons (Fsp3) is 0. The second-order valence-corrected chi connectivity index (χ2v) is 8.92. The monoisotopic (exact) mass is 534 g/mol. The molecule has 0 bridgehead atoms. The number of carbonyl (C=O) groups is 1. The van der Waals surface area contributed by atoms with Crippen molar-refractivity contribution in [2.75, 3.05) is 5.32 Å². The van der Waals surface area contributed by atoms with Crippen molar-refractivity contribution in [3.05, 3.63) is 118 Å². The molecule has 9 heteroatoms. The zero-order chi connectivity index (χ0) is 25.1. The highest BCUT2D eigenvalue weighted by molar-refractivity contribution is 6.42.